The number of hydrogen-bond donors (Lipinski definition) is 1. The lowest BCUT2D eigenvalue weighted by Crippen LogP contribution is -2.35. The van der Waals surface area contributed by atoms with E-state index in [2.05, 4.69) is 10.3 Å². The van der Waals surface area contributed by atoms with E-state index in [-0.39, 0.29) is 5.91 Å². The van der Waals surface area contributed by atoms with E-state index in [9.17, 15) is 4.79 Å². The number of aryl methyl sites for hydroxylation is 1. The molecule has 58 valence electrons. The van der Waals surface area contributed by atoms with Crippen LogP contribution in [0.5, 0.6) is 0 Å². The molecule has 0 spiro atoms. The Morgan fingerprint density at radius 2 is 2.55 bits per heavy atom. The van der Waals surface area contributed by atoms with Crippen LogP contribution in [-0.4, -0.2) is 22.0 Å². The summed E-state index contributed by atoms with van der Waals surface area (Å²) in [7, 11) is 0. The van der Waals surface area contributed by atoms with E-state index in [0.29, 0.717) is 12.4 Å². The van der Waals surface area contributed by atoms with Crippen molar-refractivity contribution in [3.8, 4) is 0 Å². The monoisotopic (exact) mass is 151 g/mol. The number of rotatable bonds is 0. The lowest BCUT2D eigenvalue weighted by Gasteiger charge is -2.13. The summed E-state index contributed by atoms with van der Waals surface area (Å²) >= 11 is 0. The number of hydrogen-bond acceptors (Lipinski definition) is 2. The van der Waals surface area contributed by atoms with Gasteiger partial charge >= 0.3 is 0 Å². The van der Waals surface area contributed by atoms with E-state index in [1.807, 2.05) is 17.7 Å². The molecule has 4 nitrogen and oxygen atoms in total. The summed E-state index contributed by atoms with van der Waals surface area (Å²) in [5, 5.41) is 2.73. The molecule has 1 amide bonds. The number of carbonyl (C=O) groups excluding carboxylic acids is 1. The Balaban J connectivity index is 2.52. The molecule has 1 aromatic heterocycles. The van der Waals surface area contributed by atoms with Gasteiger partial charge in [-0.1, -0.05) is 0 Å². The van der Waals surface area contributed by atoms with Crippen molar-refractivity contribution in [2.24, 2.45) is 0 Å². The second kappa shape index (κ2) is 2.08. The molecule has 0 aromatic carbocycles. The van der Waals surface area contributed by atoms with Gasteiger partial charge in [-0.05, 0) is 6.92 Å². The molecule has 4 heteroatoms. The molecule has 2 heterocycles. The molecule has 0 saturated carbocycles. The van der Waals surface area contributed by atoms with Crippen LogP contribution in [0.4, 0.5) is 0 Å². The first-order valence-corrected chi connectivity index (χ1v) is 3.59. The average molecular weight is 151 g/mol. The highest BCUT2D eigenvalue weighted by Gasteiger charge is 2.17. The number of nitrogens with one attached hydrogen (secondary N) is 1. The summed E-state index contributed by atoms with van der Waals surface area (Å²) in [5.41, 5.74) is 0.900. The minimum atomic E-state index is -0.0654. The van der Waals surface area contributed by atoms with E-state index in [4.69, 9.17) is 0 Å². The van der Waals surface area contributed by atoms with Crippen LogP contribution in [-0.2, 0) is 6.54 Å². The molecule has 0 radical (unpaired) electrons. The Labute approximate surface area is 64.2 Å². The van der Waals surface area contributed by atoms with Crippen molar-refractivity contribution in [1.82, 2.24) is 14.9 Å². The fourth-order valence-corrected chi connectivity index (χ4v) is 1.27. The van der Waals surface area contributed by atoms with Gasteiger partial charge < -0.3 is 9.88 Å². The van der Waals surface area contributed by atoms with Crippen molar-refractivity contribution in [3.63, 3.8) is 0 Å². The van der Waals surface area contributed by atoms with E-state index in [1.165, 1.54) is 0 Å². The van der Waals surface area contributed by atoms with Crippen molar-refractivity contribution in [3.05, 3.63) is 17.7 Å². The fraction of sp³-hybridized carbons (Fsp3) is 0.429. The van der Waals surface area contributed by atoms with Gasteiger partial charge in [-0.25, -0.2) is 4.98 Å². The molecule has 2 rings (SSSR count). The van der Waals surface area contributed by atoms with Gasteiger partial charge in [0.15, 0.2) is 5.82 Å². The van der Waals surface area contributed by atoms with Crippen LogP contribution in [0.3, 0.4) is 0 Å². The average Bonchev–Trinajstić information content (AvgIpc) is 2.31. The van der Waals surface area contributed by atoms with Crippen molar-refractivity contribution in [1.29, 1.82) is 0 Å². The zero-order valence-corrected chi connectivity index (χ0v) is 6.29. The lowest BCUT2D eigenvalue weighted by atomic mass is 10.4. The van der Waals surface area contributed by atoms with Crippen molar-refractivity contribution >= 4 is 5.91 Å². The van der Waals surface area contributed by atoms with Crippen LogP contribution in [0.2, 0.25) is 0 Å². The number of imidazole rings is 1. The SMILES string of the molecule is Cc1cn2c(n1)C(=O)NCC2. The fourth-order valence-electron chi connectivity index (χ4n) is 1.27. The number of nitrogens with zero attached hydrogens (tertiary/aromatic N) is 2. The highest BCUT2D eigenvalue weighted by atomic mass is 16.2. The molecule has 1 aliphatic heterocycles. The zero-order chi connectivity index (χ0) is 7.84. The maximum absolute atomic E-state index is 11.1. The third-order valence-electron chi connectivity index (χ3n) is 1.74. The molecular weight excluding hydrogens is 142 g/mol. The first-order valence-electron chi connectivity index (χ1n) is 3.59. The van der Waals surface area contributed by atoms with Crippen LogP contribution < -0.4 is 5.32 Å². The molecule has 1 N–H and O–H groups in total. The normalized spacial score (nSPS) is 15.9. The quantitative estimate of drug-likeness (QED) is 0.564. The lowest BCUT2D eigenvalue weighted by molar-refractivity contribution is 0.0922. The maximum Gasteiger partial charge on any atom is 0.287 e. The molecule has 0 unspecified atom stereocenters. The summed E-state index contributed by atoms with van der Waals surface area (Å²) in [6, 6.07) is 0. The van der Waals surface area contributed by atoms with Gasteiger partial charge in [-0.3, -0.25) is 4.79 Å². The summed E-state index contributed by atoms with van der Waals surface area (Å²) < 4.78 is 1.88. The number of aromatic nitrogens is 2. The zero-order valence-electron chi connectivity index (χ0n) is 6.29. The third kappa shape index (κ3) is 0.906. The Kier molecular flexibility index (Phi) is 1.21. The molecule has 0 fully saturated rings. The summed E-state index contributed by atoms with van der Waals surface area (Å²) in [4.78, 5) is 15.2. The standard InChI is InChI=1S/C7H9N3O/c1-5-4-10-3-2-8-7(11)6(10)9-5/h4H,2-3H2,1H3,(H,8,11). The predicted molar refractivity (Wildman–Crippen MR) is 39.3 cm³/mol. The summed E-state index contributed by atoms with van der Waals surface area (Å²) in [6.07, 6.45) is 1.90. The molecule has 0 aliphatic carbocycles. The highest BCUT2D eigenvalue weighted by Crippen LogP contribution is 2.04. The molecule has 11 heavy (non-hydrogen) atoms. The largest absolute Gasteiger partial charge is 0.348 e. The second-order valence-corrected chi connectivity index (χ2v) is 2.66. The van der Waals surface area contributed by atoms with E-state index in [0.717, 1.165) is 12.2 Å². The van der Waals surface area contributed by atoms with Crippen LogP contribution in [0.15, 0.2) is 6.20 Å². The summed E-state index contributed by atoms with van der Waals surface area (Å²) in [6.45, 7) is 3.43. The topological polar surface area (TPSA) is 46.9 Å². The van der Waals surface area contributed by atoms with Gasteiger partial charge in [0.25, 0.3) is 5.91 Å². The Bertz CT molecular complexity index is 303. The first kappa shape index (κ1) is 6.39. The number of carbonyl (C=O) groups is 1. The van der Waals surface area contributed by atoms with Gasteiger partial charge in [-0.15, -0.1) is 0 Å². The molecule has 0 saturated heterocycles. The van der Waals surface area contributed by atoms with Crippen LogP contribution in [0.25, 0.3) is 0 Å². The number of fused-ring (bicyclic) bond motifs is 1. The Morgan fingerprint density at radius 3 is 3.27 bits per heavy atom. The Morgan fingerprint density at radius 1 is 1.73 bits per heavy atom. The number of amides is 1. The van der Waals surface area contributed by atoms with E-state index in [1.54, 1.807) is 0 Å². The maximum atomic E-state index is 11.1. The van der Waals surface area contributed by atoms with Crippen molar-refractivity contribution in [2.45, 2.75) is 13.5 Å². The van der Waals surface area contributed by atoms with Crippen LogP contribution >= 0.6 is 0 Å². The van der Waals surface area contributed by atoms with Gasteiger partial charge in [0.05, 0.1) is 5.69 Å². The minimum Gasteiger partial charge on any atom is -0.348 e. The second-order valence-electron chi connectivity index (χ2n) is 2.66. The highest BCUT2D eigenvalue weighted by molar-refractivity contribution is 5.91. The molecule has 0 bridgehead atoms. The van der Waals surface area contributed by atoms with Crippen LogP contribution in [0, 0.1) is 6.92 Å². The molecule has 1 aliphatic rings. The smallest absolute Gasteiger partial charge is 0.287 e. The Hall–Kier alpha value is -1.32. The van der Waals surface area contributed by atoms with Crippen LogP contribution in [0.1, 0.15) is 16.3 Å². The third-order valence-corrected chi connectivity index (χ3v) is 1.74. The predicted octanol–water partition coefficient (Wildman–Crippen LogP) is -0.0651. The van der Waals surface area contributed by atoms with Gasteiger partial charge in [-0.2, -0.15) is 0 Å². The van der Waals surface area contributed by atoms with E-state index >= 15 is 0 Å². The van der Waals surface area contributed by atoms with Crippen molar-refractivity contribution < 1.29 is 4.79 Å². The van der Waals surface area contributed by atoms with Crippen molar-refractivity contribution in [2.75, 3.05) is 6.54 Å². The van der Waals surface area contributed by atoms with Gasteiger partial charge in [0.2, 0.25) is 0 Å². The molecule has 1 aromatic rings. The van der Waals surface area contributed by atoms with Gasteiger partial charge in [0, 0.05) is 19.3 Å². The molecular formula is C7H9N3O. The van der Waals surface area contributed by atoms with Gasteiger partial charge in [0.1, 0.15) is 0 Å². The minimum absolute atomic E-state index is 0.0654. The molecule has 0 atom stereocenters. The first-order chi connectivity index (χ1) is 5.27. The summed E-state index contributed by atoms with van der Waals surface area (Å²) in [5.74, 6) is 0.470. The van der Waals surface area contributed by atoms with E-state index < -0.39 is 0 Å².